The van der Waals surface area contributed by atoms with E-state index in [0.717, 1.165) is 16.9 Å². The van der Waals surface area contributed by atoms with Crippen LogP contribution in [0.5, 0.6) is 5.75 Å². The summed E-state index contributed by atoms with van der Waals surface area (Å²) in [6.07, 6.45) is 1.61. The third kappa shape index (κ3) is 6.04. The highest BCUT2D eigenvalue weighted by Crippen LogP contribution is 2.22. The molecule has 0 aliphatic heterocycles. The molecule has 0 unspecified atom stereocenters. The van der Waals surface area contributed by atoms with Crippen LogP contribution in [0.2, 0.25) is 0 Å². The zero-order valence-corrected chi connectivity index (χ0v) is 17.1. The molecule has 0 bridgehead atoms. The zero-order valence-electron chi connectivity index (χ0n) is 17.1. The standard InChI is InChI=1S/C25H26N2O2/c1-25(2,3)22-13-11-21(12-14-22)24(28)27-26-17-19-9-15-23(16-10-19)29-18-20-7-5-4-6-8-20/h4-17H,18H2,1-3H3,(H,27,28)/b26-17+. The number of rotatable bonds is 6. The number of hydrogen-bond donors (Lipinski definition) is 1. The van der Waals surface area contributed by atoms with Crippen molar-refractivity contribution in [2.75, 3.05) is 0 Å². The second-order valence-corrected chi connectivity index (χ2v) is 7.87. The van der Waals surface area contributed by atoms with E-state index in [1.807, 2.05) is 78.9 Å². The first-order chi connectivity index (χ1) is 13.9. The van der Waals surface area contributed by atoms with Crippen LogP contribution < -0.4 is 10.2 Å². The van der Waals surface area contributed by atoms with Gasteiger partial charge in [0.2, 0.25) is 0 Å². The second-order valence-electron chi connectivity index (χ2n) is 7.87. The highest BCUT2D eigenvalue weighted by Gasteiger charge is 2.14. The van der Waals surface area contributed by atoms with Crippen LogP contribution in [0.4, 0.5) is 0 Å². The van der Waals surface area contributed by atoms with Gasteiger partial charge in [-0.1, -0.05) is 63.2 Å². The lowest BCUT2D eigenvalue weighted by Gasteiger charge is -2.18. The van der Waals surface area contributed by atoms with Crippen LogP contribution >= 0.6 is 0 Å². The lowest BCUT2D eigenvalue weighted by molar-refractivity contribution is 0.0955. The Kier molecular flexibility index (Phi) is 6.45. The first kappa shape index (κ1) is 20.3. The molecule has 0 spiro atoms. The first-order valence-electron chi connectivity index (χ1n) is 9.62. The van der Waals surface area contributed by atoms with Crippen LogP contribution in [0.3, 0.4) is 0 Å². The normalized spacial score (nSPS) is 11.4. The fourth-order valence-electron chi connectivity index (χ4n) is 2.74. The maximum absolute atomic E-state index is 12.2. The summed E-state index contributed by atoms with van der Waals surface area (Å²) in [4.78, 5) is 12.2. The Morgan fingerprint density at radius 3 is 2.21 bits per heavy atom. The largest absolute Gasteiger partial charge is 0.489 e. The molecule has 29 heavy (non-hydrogen) atoms. The quantitative estimate of drug-likeness (QED) is 0.460. The van der Waals surface area contributed by atoms with E-state index < -0.39 is 0 Å². The minimum absolute atomic E-state index is 0.0597. The van der Waals surface area contributed by atoms with Crippen molar-refractivity contribution in [2.24, 2.45) is 5.10 Å². The van der Waals surface area contributed by atoms with Gasteiger partial charge in [-0.25, -0.2) is 5.43 Å². The molecule has 0 fully saturated rings. The highest BCUT2D eigenvalue weighted by molar-refractivity contribution is 5.94. The van der Waals surface area contributed by atoms with Gasteiger partial charge in [0.1, 0.15) is 12.4 Å². The molecule has 0 aliphatic rings. The van der Waals surface area contributed by atoms with Gasteiger partial charge in [-0.15, -0.1) is 0 Å². The number of hydrogen-bond acceptors (Lipinski definition) is 3. The number of nitrogens with zero attached hydrogens (tertiary/aromatic N) is 1. The Balaban J connectivity index is 1.51. The molecule has 1 amide bonds. The van der Waals surface area contributed by atoms with E-state index in [0.29, 0.717) is 12.2 Å². The summed E-state index contributed by atoms with van der Waals surface area (Å²) in [5, 5.41) is 4.05. The van der Waals surface area contributed by atoms with Crippen molar-refractivity contribution in [1.82, 2.24) is 5.43 Å². The van der Waals surface area contributed by atoms with Crippen molar-refractivity contribution in [3.63, 3.8) is 0 Å². The van der Waals surface area contributed by atoms with E-state index in [-0.39, 0.29) is 11.3 Å². The van der Waals surface area contributed by atoms with Crippen molar-refractivity contribution in [3.05, 3.63) is 101 Å². The van der Waals surface area contributed by atoms with Gasteiger partial charge in [0.05, 0.1) is 6.21 Å². The summed E-state index contributed by atoms with van der Waals surface area (Å²) in [5.41, 5.74) is 6.39. The smallest absolute Gasteiger partial charge is 0.271 e. The molecular formula is C25H26N2O2. The molecule has 3 aromatic rings. The maximum Gasteiger partial charge on any atom is 0.271 e. The van der Waals surface area contributed by atoms with Crippen LogP contribution in [-0.2, 0) is 12.0 Å². The van der Waals surface area contributed by atoms with E-state index in [9.17, 15) is 4.79 Å². The van der Waals surface area contributed by atoms with Gasteiger partial charge in [0.25, 0.3) is 5.91 Å². The number of ether oxygens (including phenoxy) is 1. The van der Waals surface area contributed by atoms with Gasteiger partial charge in [-0.3, -0.25) is 4.79 Å². The van der Waals surface area contributed by atoms with Crippen LogP contribution in [0.15, 0.2) is 84.0 Å². The fourth-order valence-corrected chi connectivity index (χ4v) is 2.74. The zero-order chi connectivity index (χ0) is 20.7. The van der Waals surface area contributed by atoms with E-state index in [2.05, 4.69) is 31.3 Å². The lowest BCUT2D eigenvalue weighted by Crippen LogP contribution is -2.18. The minimum atomic E-state index is -0.232. The van der Waals surface area contributed by atoms with Crippen molar-refractivity contribution in [1.29, 1.82) is 0 Å². The van der Waals surface area contributed by atoms with Crippen LogP contribution in [0.25, 0.3) is 0 Å². The molecule has 0 heterocycles. The molecule has 3 aromatic carbocycles. The number of carbonyl (C=O) groups is 1. The van der Waals surface area contributed by atoms with Crippen molar-refractivity contribution in [3.8, 4) is 5.75 Å². The Morgan fingerprint density at radius 2 is 1.59 bits per heavy atom. The molecule has 148 valence electrons. The Morgan fingerprint density at radius 1 is 0.931 bits per heavy atom. The van der Waals surface area contributed by atoms with Gasteiger partial charge in [-0.05, 0) is 58.5 Å². The summed E-state index contributed by atoms with van der Waals surface area (Å²) in [7, 11) is 0. The average molecular weight is 386 g/mol. The molecule has 0 saturated heterocycles. The van der Waals surface area contributed by atoms with Crippen molar-refractivity contribution < 1.29 is 9.53 Å². The molecule has 0 aromatic heterocycles. The highest BCUT2D eigenvalue weighted by atomic mass is 16.5. The van der Waals surface area contributed by atoms with E-state index >= 15 is 0 Å². The van der Waals surface area contributed by atoms with Gasteiger partial charge in [-0.2, -0.15) is 5.10 Å². The average Bonchev–Trinajstić information content (AvgIpc) is 2.73. The lowest BCUT2D eigenvalue weighted by atomic mass is 9.87. The van der Waals surface area contributed by atoms with Gasteiger partial charge >= 0.3 is 0 Å². The number of carbonyl (C=O) groups excluding carboxylic acids is 1. The molecule has 0 aliphatic carbocycles. The number of amides is 1. The molecule has 0 radical (unpaired) electrons. The summed E-state index contributed by atoms with van der Waals surface area (Å²) in [6.45, 7) is 6.96. The van der Waals surface area contributed by atoms with Gasteiger partial charge in [0, 0.05) is 5.56 Å². The maximum atomic E-state index is 12.2. The first-order valence-corrected chi connectivity index (χ1v) is 9.62. The molecule has 4 heteroatoms. The third-order valence-electron chi connectivity index (χ3n) is 4.52. The summed E-state index contributed by atoms with van der Waals surface area (Å²) in [6, 6.07) is 25.2. The molecular weight excluding hydrogens is 360 g/mol. The molecule has 0 atom stereocenters. The molecule has 4 nitrogen and oxygen atoms in total. The monoisotopic (exact) mass is 386 g/mol. The number of nitrogens with one attached hydrogen (secondary N) is 1. The second kappa shape index (κ2) is 9.20. The van der Waals surface area contributed by atoms with Crippen LogP contribution in [-0.4, -0.2) is 12.1 Å². The van der Waals surface area contributed by atoms with E-state index in [4.69, 9.17) is 4.74 Å². The predicted octanol–water partition coefficient (Wildman–Crippen LogP) is 5.33. The molecule has 1 N–H and O–H groups in total. The van der Waals surface area contributed by atoms with Crippen molar-refractivity contribution >= 4 is 12.1 Å². The fraction of sp³-hybridized carbons (Fsp3) is 0.200. The van der Waals surface area contributed by atoms with E-state index in [1.165, 1.54) is 5.56 Å². The van der Waals surface area contributed by atoms with Crippen LogP contribution in [0, 0.1) is 0 Å². The Hall–Kier alpha value is -3.40. The SMILES string of the molecule is CC(C)(C)c1ccc(C(=O)N/N=C/c2ccc(OCc3ccccc3)cc2)cc1. The van der Waals surface area contributed by atoms with E-state index in [1.54, 1.807) is 6.21 Å². The Bertz CT molecular complexity index is 954. The van der Waals surface area contributed by atoms with Gasteiger partial charge < -0.3 is 4.74 Å². The molecule has 0 saturated carbocycles. The Labute approximate surface area is 172 Å². The topological polar surface area (TPSA) is 50.7 Å². The summed E-state index contributed by atoms with van der Waals surface area (Å²) in [5.74, 6) is 0.554. The third-order valence-corrected chi connectivity index (χ3v) is 4.52. The minimum Gasteiger partial charge on any atom is -0.489 e. The number of hydrazone groups is 1. The van der Waals surface area contributed by atoms with Crippen molar-refractivity contribution in [2.45, 2.75) is 32.8 Å². The summed E-state index contributed by atoms with van der Waals surface area (Å²) < 4.78 is 5.77. The van der Waals surface area contributed by atoms with Gasteiger partial charge in [0.15, 0.2) is 0 Å². The number of benzene rings is 3. The summed E-state index contributed by atoms with van der Waals surface area (Å²) >= 11 is 0. The molecule has 3 rings (SSSR count). The van der Waals surface area contributed by atoms with Crippen LogP contribution in [0.1, 0.15) is 47.8 Å². The predicted molar refractivity (Wildman–Crippen MR) is 117 cm³/mol.